The third kappa shape index (κ3) is 9.47. The molecular weight excluding hydrogens is 487 g/mol. The molecule has 1 atom stereocenters. The standard InChI is InChI=1S/C19H36N6O3.HI/c1-4-17(26)25-9-6-16(15-25)22-19(21-14-18(27)23(2)3)20-7-5-8-24-10-12-28-13-11-24;/h16H,4-15H2,1-3H3,(H2,20,21,22);1H. The number of guanidine groups is 1. The van der Waals surface area contributed by atoms with Crippen molar-refractivity contribution in [3.05, 3.63) is 0 Å². The van der Waals surface area contributed by atoms with Crippen molar-refractivity contribution < 1.29 is 14.3 Å². The Morgan fingerprint density at radius 1 is 1.21 bits per heavy atom. The van der Waals surface area contributed by atoms with Crippen LogP contribution in [0.25, 0.3) is 0 Å². The molecule has 2 saturated heterocycles. The summed E-state index contributed by atoms with van der Waals surface area (Å²) in [5, 5.41) is 6.74. The Labute approximate surface area is 191 Å². The first-order valence-electron chi connectivity index (χ1n) is 10.3. The normalized spacial score (nSPS) is 20.2. The van der Waals surface area contributed by atoms with Crippen molar-refractivity contribution in [3.8, 4) is 0 Å². The quantitative estimate of drug-likeness (QED) is 0.201. The Balaban J connectivity index is 0.00000420. The number of amides is 2. The lowest BCUT2D eigenvalue weighted by Gasteiger charge is -2.26. The van der Waals surface area contributed by atoms with Gasteiger partial charge in [0, 0.05) is 59.3 Å². The molecule has 2 rings (SSSR count). The molecule has 9 nitrogen and oxygen atoms in total. The van der Waals surface area contributed by atoms with Gasteiger partial charge in [0.2, 0.25) is 11.8 Å². The summed E-state index contributed by atoms with van der Waals surface area (Å²) in [6.07, 6.45) is 2.42. The van der Waals surface area contributed by atoms with E-state index in [9.17, 15) is 9.59 Å². The maximum Gasteiger partial charge on any atom is 0.243 e. The van der Waals surface area contributed by atoms with Crippen molar-refractivity contribution in [1.82, 2.24) is 25.3 Å². The maximum atomic E-state index is 11.9. The zero-order chi connectivity index (χ0) is 20.4. The minimum Gasteiger partial charge on any atom is -0.379 e. The summed E-state index contributed by atoms with van der Waals surface area (Å²) in [4.78, 5) is 34.1. The number of likely N-dealkylation sites (tertiary alicyclic amines) is 1. The number of likely N-dealkylation sites (N-methyl/N-ethyl adjacent to an activating group) is 1. The maximum absolute atomic E-state index is 11.9. The Bertz CT molecular complexity index is 540. The summed E-state index contributed by atoms with van der Waals surface area (Å²) >= 11 is 0. The fraction of sp³-hybridized carbons (Fsp3) is 0.842. The van der Waals surface area contributed by atoms with Crippen LogP contribution in [0.2, 0.25) is 0 Å². The average Bonchev–Trinajstić information content (AvgIpc) is 3.17. The molecular formula is C19H37IN6O3. The number of hydrogen-bond donors (Lipinski definition) is 2. The Kier molecular flexibility index (Phi) is 12.5. The van der Waals surface area contributed by atoms with Crippen molar-refractivity contribution in [2.75, 3.05) is 73.1 Å². The smallest absolute Gasteiger partial charge is 0.243 e. The number of rotatable bonds is 8. The first-order chi connectivity index (χ1) is 13.5. The van der Waals surface area contributed by atoms with E-state index in [1.165, 1.54) is 4.90 Å². The van der Waals surface area contributed by atoms with Gasteiger partial charge in [-0.1, -0.05) is 6.92 Å². The second-order valence-corrected chi connectivity index (χ2v) is 7.51. The molecule has 2 heterocycles. The number of halogens is 1. The summed E-state index contributed by atoms with van der Waals surface area (Å²) < 4.78 is 5.38. The molecule has 0 saturated carbocycles. The van der Waals surface area contributed by atoms with Crippen molar-refractivity contribution in [1.29, 1.82) is 0 Å². The van der Waals surface area contributed by atoms with E-state index in [0.29, 0.717) is 18.9 Å². The molecule has 2 aliphatic heterocycles. The van der Waals surface area contributed by atoms with Gasteiger partial charge in [-0.3, -0.25) is 14.5 Å². The molecule has 168 valence electrons. The first kappa shape index (κ1) is 25.9. The van der Waals surface area contributed by atoms with Crippen LogP contribution in [0, 0.1) is 0 Å². The molecule has 2 amide bonds. The van der Waals surface area contributed by atoms with E-state index in [1.807, 2.05) is 11.8 Å². The van der Waals surface area contributed by atoms with Gasteiger partial charge in [0.25, 0.3) is 0 Å². The van der Waals surface area contributed by atoms with Gasteiger partial charge >= 0.3 is 0 Å². The Morgan fingerprint density at radius 2 is 1.93 bits per heavy atom. The van der Waals surface area contributed by atoms with Crippen molar-refractivity contribution in [2.24, 2.45) is 4.99 Å². The van der Waals surface area contributed by atoms with Gasteiger partial charge in [-0.25, -0.2) is 4.99 Å². The lowest BCUT2D eigenvalue weighted by atomic mass is 10.3. The third-order valence-electron chi connectivity index (χ3n) is 5.10. The highest BCUT2D eigenvalue weighted by Gasteiger charge is 2.25. The molecule has 2 aliphatic rings. The summed E-state index contributed by atoms with van der Waals surface area (Å²) in [6, 6.07) is 0.162. The van der Waals surface area contributed by atoms with E-state index >= 15 is 0 Å². The molecule has 0 aromatic rings. The van der Waals surface area contributed by atoms with E-state index in [4.69, 9.17) is 4.74 Å². The molecule has 0 aromatic carbocycles. The second kappa shape index (κ2) is 14.0. The van der Waals surface area contributed by atoms with E-state index in [-0.39, 0.29) is 48.4 Å². The van der Waals surface area contributed by atoms with Gasteiger partial charge in [-0.15, -0.1) is 24.0 Å². The molecule has 29 heavy (non-hydrogen) atoms. The van der Waals surface area contributed by atoms with Crippen LogP contribution in [0.15, 0.2) is 4.99 Å². The number of nitrogens with zero attached hydrogens (tertiary/aromatic N) is 4. The first-order valence-corrected chi connectivity index (χ1v) is 10.3. The summed E-state index contributed by atoms with van der Waals surface area (Å²) in [5.74, 6) is 0.792. The highest BCUT2D eigenvalue weighted by molar-refractivity contribution is 14.0. The highest BCUT2D eigenvalue weighted by Crippen LogP contribution is 2.10. The van der Waals surface area contributed by atoms with E-state index < -0.39 is 0 Å². The van der Waals surface area contributed by atoms with E-state index in [0.717, 1.165) is 58.8 Å². The number of morpholine rings is 1. The lowest BCUT2D eigenvalue weighted by Crippen LogP contribution is -2.46. The molecule has 10 heteroatoms. The Hall–Kier alpha value is -1.14. The van der Waals surface area contributed by atoms with Gasteiger partial charge < -0.3 is 25.2 Å². The predicted octanol–water partition coefficient (Wildman–Crippen LogP) is -0.0390. The van der Waals surface area contributed by atoms with E-state index in [2.05, 4.69) is 20.5 Å². The lowest BCUT2D eigenvalue weighted by molar-refractivity contribution is -0.130. The van der Waals surface area contributed by atoms with Crippen LogP contribution in [0.3, 0.4) is 0 Å². The van der Waals surface area contributed by atoms with Crippen LogP contribution in [0.5, 0.6) is 0 Å². The molecule has 0 bridgehead atoms. The molecule has 0 radical (unpaired) electrons. The number of carbonyl (C=O) groups excluding carboxylic acids is 2. The van der Waals surface area contributed by atoms with Gasteiger partial charge in [-0.05, 0) is 19.4 Å². The summed E-state index contributed by atoms with van der Waals surface area (Å²) in [5.41, 5.74) is 0. The number of carbonyl (C=O) groups is 2. The number of nitrogens with one attached hydrogen (secondary N) is 2. The van der Waals surface area contributed by atoms with Gasteiger partial charge in [0.15, 0.2) is 5.96 Å². The fourth-order valence-corrected chi connectivity index (χ4v) is 3.30. The van der Waals surface area contributed by atoms with Gasteiger partial charge in [-0.2, -0.15) is 0 Å². The van der Waals surface area contributed by atoms with Crippen LogP contribution < -0.4 is 10.6 Å². The number of hydrogen-bond acceptors (Lipinski definition) is 5. The molecule has 0 aliphatic carbocycles. The topological polar surface area (TPSA) is 89.5 Å². The largest absolute Gasteiger partial charge is 0.379 e. The van der Waals surface area contributed by atoms with Crippen molar-refractivity contribution in [3.63, 3.8) is 0 Å². The average molecular weight is 524 g/mol. The zero-order valence-corrected chi connectivity index (χ0v) is 20.3. The SMILES string of the molecule is CCC(=O)N1CCC(NC(=NCC(=O)N(C)C)NCCCN2CCOCC2)C1.I. The van der Waals surface area contributed by atoms with Crippen LogP contribution in [-0.2, 0) is 14.3 Å². The van der Waals surface area contributed by atoms with Gasteiger partial charge in [0.05, 0.1) is 13.2 Å². The molecule has 0 aromatic heterocycles. The predicted molar refractivity (Wildman–Crippen MR) is 125 cm³/mol. The highest BCUT2D eigenvalue weighted by atomic mass is 127. The second-order valence-electron chi connectivity index (χ2n) is 7.51. The van der Waals surface area contributed by atoms with E-state index in [1.54, 1.807) is 14.1 Å². The molecule has 1 unspecified atom stereocenters. The van der Waals surface area contributed by atoms with Crippen molar-refractivity contribution in [2.45, 2.75) is 32.2 Å². The molecule has 2 fully saturated rings. The minimum absolute atomic E-state index is 0. The Morgan fingerprint density at radius 3 is 2.59 bits per heavy atom. The summed E-state index contributed by atoms with van der Waals surface area (Å²) in [7, 11) is 3.46. The molecule has 2 N–H and O–H groups in total. The molecule has 0 spiro atoms. The minimum atomic E-state index is -0.0383. The zero-order valence-electron chi connectivity index (χ0n) is 18.0. The van der Waals surface area contributed by atoms with Crippen LogP contribution in [0.1, 0.15) is 26.2 Å². The van der Waals surface area contributed by atoms with Crippen molar-refractivity contribution >= 4 is 41.8 Å². The number of ether oxygens (including phenoxy) is 1. The van der Waals surface area contributed by atoms with Gasteiger partial charge in [0.1, 0.15) is 6.54 Å². The van der Waals surface area contributed by atoms with Crippen LogP contribution >= 0.6 is 24.0 Å². The van der Waals surface area contributed by atoms with Crippen LogP contribution in [-0.4, -0.2) is 112 Å². The van der Waals surface area contributed by atoms with Crippen LogP contribution in [0.4, 0.5) is 0 Å². The third-order valence-corrected chi connectivity index (χ3v) is 5.10. The fourth-order valence-electron chi connectivity index (χ4n) is 3.30. The summed E-state index contributed by atoms with van der Waals surface area (Å²) in [6.45, 7) is 8.83. The monoisotopic (exact) mass is 524 g/mol. The number of aliphatic imine (C=N–C) groups is 1.